The lowest BCUT2D eigenvalue weighted by atomic mass is 9.61. The van der Waals surface area contributed by atoms with Crippen molar-refractivity contribution in [2.75, 3.05) is 20.3 Å². The Kier molecular flexibility index (Phi) is 7.88. The predicted molar refractivity (Wildman–Crippen MR) is 112 cm³/mol. The number of ether oxygens (including phenoxy) is 2. The molecule has 1 aromatic rings. The van der Waals surface area contributed by atoms with Crippen LogP contribution in [0.15, 0.2) is 49.1 Å². The van der Waals surface area contributed by atoms with E-state index in [9.17, 15) is 4.79 Å². The predicted octanol–water partition coefficient (Wildman–Crippen LogP) is 4.89. The number of hydrogen-bond acceptors (Lipinski definition) is 4. The molecule has 1 aliphatic rings. The van der Waals surface area contributed by atoms with Crippen molar-refractivity contribution in [3.63, 3.8) is 0 Å². The number of methoxy groups -OCH3 is 1. The molecule has 0 spiro atoms. The minimum Gasteiger partial charge on any atom is -0.493 e. The van der Waals surface area contributed by atoms with Gasteiger partial charge in [-0.25, -0.2) is 0 Å². The molecule has 1 saturated carbocycles. The molecule has 1 N–H and O–H groups in total. The molecular weight excluding hydrogens is 352 g/mol. The summed E-state index contributed by atoms with van der Waals surface area (Å²) < 4.78 is 10.9. The highest BCUT2D eigenvalue weighted by molar-refractivity contribution is 5.77. The van der Waals surface area contributed by atoms with Crippen molar-refractivity contribution < 1.29 is 19.4 Å². The van der Waals surface area contributed by atoms with Crippen LogP contribution in [0.4, 0.5) is 0 Å². The number of hydrogen-bond donors (Lipinski definition) is 1. The third-order valence-corrected chi connectivity index (χ3v) is 5.97. The van der Waals surface area contributed by atoms with Gasteiger partial charge in [0.15, 0.2) is 0 Å². The van der Waals surface area contributed by atoms with E-state index in [-0.39, 0.29) is 24.4 Å². The van der Waals surface area contributed by atoms with Crippen LogP contribution in [0, 0.1) is 17.3 Å². The van der Waals surface area contributed by atoms with Crippen LogP contribution in [-0.4, -0.2) is 31.4 Å². The standard InChI is InChI=1S/C24H34O4/c1-6-12-24(23(26)27-5)13-11-21(17(2)3)22(14-24)19-7-9-20(10-8-19)28-16-18(4)15-25/h6-10,18,21-22,25H,1-2,11-16H2,3-5H3/t18?,21-,22-,24-/m0/s1. The second-order valence-electron chi connectivity index (χ2n) is 8.23. The molecule has 154 valence electrons. The van der Waals surface area contributed by atoms with Gasteiger partial charge in [0.2, 0.25) is 0 Å². The number of carbonyl (C=O) groups is 1. The Hall–Kier alpha value is -2.07. The summed E-state index contributed by atoms with van der Waals surface area (Å²) in [7, 11) is 1.46. The minimum atomic E-state index is -0.515. The van der Waals surface area contributed by atoms with E-state index in [2.05, 4.69) is 32.2 Å². The molecule has 4 atom stereocenters. The van der Waals surface area contributed by atoms with Gasteiger partial charge in [-0.3, -0.25) is 4.79 Å². The zero-order chi connectivity index (χ0) is 20.7. The smallest absolute Gasteiger partial charge is 0.312 e. The summed E-state index contributed by atoms with van der Waals surface area (Å²) in [4.78, 5) is 12.6. The van der Waals surface area contributed by atoms with E-state index in [1.165, 1.54) is 12.7 Å². The molecule has 4 heteroatoms. The summed E-state index contributed by atoms with van der Waals surface area (Å²) in [5.41, 5.74) is 1.82. The molecule has 4 nitrogen and oxygen atoms in total. The lowest BCUT2D eigenvalue weighted by molar-refractivity contribution is -0.155. The van der Waals surface area contributed by atoms with Gasteiger partial charge in [-0.05, 0) is 62.1 Å². The summed E-state index contributed by atoms with van der Waals surface area (Å²) in [5.74, 6) is 1.29. The number of carbonyl (C=O) groups excluding carboxylic acids is 1. The maximum atomic E-state index is 12.6. The first-order valence-corrected chi connectivity index (χ1v) is 10.0. The molecule has 1 fully saturated rings. The number of benzene rings is 1. The molecular formula is C24H34O4. The van der Waals surface area contributed by atoms with Crippen molar-refractivity contribution in [2.45, 2.75) is 45.4 Å². The van der Waals surface area contributed by atoms with E-state index >= 15 is 0 Å². The molecule has 0 bridgehead atoms. The van der Waals surface area contributed by atoms with E-state index < -0.39 is 5.41 Å². The number of aliphatic hydroxyl groups excluding tert-OH is 1. The first-order chi connectivity index (χ1) is 13.4. The van der Waals surface area contributed by atoms with Gasteiger partial charge in [0.05, 0.1) is 19.1 Å². The molecule has 0 saturated heterocycles. The largest absolute Gasteiger partial charge is 0.493 e. The number of aliphatic hydroxyl groups is 1. The van der Waals surface area contributed by atoms with E-state index in [4.69, 9.17) is 14.6 Å². The third-order valence-electron chi connectivity index (χ3n) is 5.97. The lowest BCUT2D eigenvalue weighted by Crippen LogP contribution is -2.39. The Morgan fingerprint density at radius 3 is 2.61 bits per heavy atom. The van der Waals surface area contributed by atoms with E-state index in [0.717, 1.165) is 30.6 Å². The summed E-state index contributed by atoms with van der Waals surface area (Å²) in [6.07, 6.45) is 4.88. The molecule has 28 heavy (non-hydrogen) atoms. The van der Waals surface area contributed by atoms with Crippen molar-refractivity contribution in [1.29, 1.82) is 0 Å². The van der Waals surface area contributed by atoms with Gasteiger partial charge in [-0.2, -0.15) is 0 Å². The zero-order valence-corrected chi connectivity index (χ0v) is 17.4. The maximum absolute atomic E-state index is 12.6. The highest BCUT2D eigenvalue weighted by Gasteiger charge is 2.46. The van der Waals surface area contributed by atoms with Crippen LogP contribution in [-0.2, 0) is 9.53 Å². The molecule has 0 amide bonds. The van der Waals surface area contributed by atoms with E-state index in [0.29, 0.717) is 18.9 Å². The quantitative estimate of drug-likeness (QED) is 0.485. The SMILES string of the molecule is C=CC[C@]1(C(=O)OC)CC[C@@H](C(=C)C)[C@H](c2ccc(OCC(C)CO)cc2)C1. The second kappa shape index (κ2) is 9.92. The fraction of sp³-hybridized carbons (Fsp3) is 0.542. The number of rotatable bonds is 9. The molecule has 2 rings (SSSR count). The normalized spacial score (nSPS) is 25.6. The fourth-order valence-electron chi connectivity index (χ4n) is 4.29. The van der Waals surface area contributed by atoms with Crippen LogP contribution < -0.4 is 4.74 Å². The topological polar surface area (TPSA) is 55.8 Å². The zero-order valence-electron chi connectivity index (χ0n) is 17.4. The molecule has 0 aromatic heterocycles. The average Bonchev–Trinajstić information content (AvgIpc) is 2.71. The summed E-state index contributed by atoms with van der Waals surface area (Å²) in [5, 5.41) is 9.13. The Labute approximate surface area is 169 Å². The maximum Gasteiger partial charge on any atom is 0.312 e. The Balaban J connectivity index is 2.26. The highest BCUT2D eigenvalue weighted by atomic mass is 16.5. The summed E-state index contributed by atoms with van der Waals surface area (Å²) >= 11 is 0. The first kappa shape index (κ1) is 22.2. The van der Waals surface area contributed by atoms with Crippen molar-refractivity contribution in [2.24, 2.45) is 17.3 Å². The van der Waals surface area contributed by atoms with Crippen molar-refractivity contribution in [3.8, 4) is 5.75 Å². The fourth-order valence-corrected chi connectivity index (χ4v) is 4.29. The molecule has 1 unspecified atom stereocenters. The van der Waals surface area contributed by atoms with Gasteiger partial charge in [-0.1, -0.05) is 37.3 Å². The third kappa shape index (κ3) is 5.05. The van der Waals surface area contributed by atoms with Gasteiger partial charge in [0.25, 0.3) is 0 Å². The highest BCUT2D eigenvalue weighted by Crippen LogP contribution is 2.51. The van der Waals surface area contributed by atoms with Gasteiger partial charge >= 0.3 is 5.97 Å². The number of allylic oxidation sites excluding steroid dienone is 2. The van der Waals surface area contributed by atoms with Gasteiger partial charge < -0.3 is 14.6 Å². The Bertz CT molecular complexity index is 678. The van der Waals surface area contributed by atoms with Crippen LogP contribution in [0.25, 0.3) is 0 Å². The molecule has 1 aliphatic carbocycles. The van der Waals surface area contributed by atoms with Crippen molar-refractivity contribution in [1.82, 2.24) is 0 Å². The van der Waals surface area contributed by atoms with E-state index in [1.807, 2.05) is 25.1 Å². The summed E-state index contributed by atoms with van der Waals surface area (Å²) in [6, 6.07) is 8.11. The van der Waals surface area contributed by atoms with Crippen molar-refractivity contribution in [3.05, 3.63) is 54.6 Å². The minimum absolute atomic E-state index is 0.102. The average molecular weight is 387 g/mol. The monoisotopic (exact) mass is 386 g/mol. The molecule has 0 radical (unpaired) electrons. The van der Waals surface area contributed by atoms with E-state index in [1.54, 1.807) is 0 Å². The molecule has 0 aliphatic heterocycles. The Morgan fingerprint density at radius 1 is 1.39 bits per heavy atom. The Morgan fingerprint density at radius 2 is 2.07 bits per heavy atom. The number of esters is 1. The van der Waals surface area contributed by atoms with Gasteiger partial charge in [0.1, 0.15) is 5.75 Å². The summed E-state index contributed by atoms with van der Waals surface area (Å²) in [6.45, 7) is 12.7. The first-order valence-electron chi connectivity index (χ1n) is 10.0. The van der Waals surface area contributed by atoms with Crippen LogP contribution in [0.1, 0.15) is 51.0 Å². The van der Waals surface area contributed by atoms with Crippen LogP contribution in [0.3, 0.4) is 0 Å². The van der Waals surface area contributed by atoms with Gasteiger partial charge in [0, 0.05) is 12.5 Å². The van der Waals surface area contributed by atoms with Crippen molar-refractivity contribution >= 4 is 5.97 Å². The second-order valence-corrected chi connectivity index (χ2v) is 8.23. The van der Waals surface area contributed by atoms with Crippen LogP contribution >= 0.6 is 0 Å². The molecule has 1 aromatic carbocycles. The molecule has 0 heterocycles. The van der Waals surface area contributed by atoms with Gasteiger partial charge in [-0.15, -0.1) is 6.58 Å². The van der Waals surface area contributed by atoms with Crippen LogP contribution in [0.2, 0.25) is 0 Å². The lowest BCUT2D eigenvalue weighted by Gasteiger charge is -2.43. The van der Waals surface area contributed by atoms with Crippen LogP contribution in [0.5, 0.6) is 5.75 Å².